The van der Waals surface area contributed by atoms with Gasteiger partial charge in [-0.3, -0.25) is 28.8 Å². The number of hydrogen-bond donors (Lipinski definition) is 14. The number of nitrogens with two attached hydrogens (primary N) is 5. The molecule has 10 unspecified atom stereocenters. The zero-order valence-corrected chi connectivity index (χ0v) is 45.0. The molecule has 5 aliphatic rings. The Bertz CT molecular complexity index is 3320. The third-order valence-electron chi connectivity index (χ3n) is 16.5. The van der Waals surface area contributed by atoms with Crippen LogP contribution in [0.3, 0.4) is 0 Å². The van der Waals surface area contributed by atoms with Gasteiger partial charge in [-0.2, -0.15) is 0 Å². The first-order chi connectivity index (χ1) is 39.0. The van der Waals surface area contributed by atoms with E-state index in [2.05, 4.69) is 0 Å². The zero-order valence-electron chi connectivity index (χ0n) is 45.0. The van der Waals surface area contributed by atoms with Crippen LogP contribution in [0.1, 0.15) is 131 Å². The second kappa shape index (κ2) is 25.9. The molecular weight excluding hydrogens is 1080 g/mol. The van der Waals surface area contributed by atoms with Crippen LogP contribution in [0.2, 0.25) is 0 Å². The molecule has 83 heavy (non-hydrogen) atoms. The summed E-state index contributed by atoms with van der Waals surface area (Å²) in [6.45, 7) is 1.99. The maximum Gasteiger partial charge on any atom is 0.328 e. The van der Waals surface area contributed by atoms with Gasteiger partial charge in [0.1, 0.15) is 28.7 Å². The highest BCUT2D eigenvalue weighted by atomic mass is 16.4. The Balaban J connectivity index is 0.000000167. The average Bonchev–Trinajstić information content (AvgIpc) is 2.77. The first-order valence-corrected chi connectivity index (χ1v) is 26.4. The van der Waals surface area contributed by atoms with Gasteiger partial charge in [-0.1, -0.05) is 135 Å². The van der Waals surface area contributed by atoms with Crippen molar-refractivity contribution in [3.8, 4) is 0 Å². The van der Waals surface area contributed by atoms with Crippen LogP contribution in [0, 0.1) is 11.8 Å². The maximum atomic E-state index is 11.3. The standard InChI is InChI=1S/C13H15NO4.2C12H13NO4.C12H15NO2.C11H11NO4/c14-12(13(17)18)11-8(6-10(15)16)5-7-3-1-2-4-9(7)11;13-12(11(16)17)6-7(5-10(14)15)8-3-1-2-4-9(8)12;13-10(12(16)17)8-5-9(11(14)15)7-4-2-1-3-6(7)8;1-2-9-7-8-5-3-4-6-10(8)12(9,13)11(14)15;12-11(10(15)16)5-7(9(13)14)6-3-1-2-4-8(6)11/h1-4,8,11-12H,5-6,14H2,(H,15,16)(H,17,18);1-4,7H,5-6,13H2,(H,14,15)(H,16,17);1-4,8-10H,5,13H2,(H,14,15)(H,16,17);3-6,9H,2,7,13H2,1H3,(H,14,15);1-4,7H,5,12H2,(H,13,14)(H,15,16)/t;;;;7-,11-/m....0/s1. The molecule has 5 aromatic carbocycles. The Morgan fingerprint density at radius 2 is 0.928 bits per heavy atom. The predicted molar refractivity (Wildman–Crippen MR) is 296 cm³/mol. The number of carbonyl (C=O) groups is 9. The molecular formula is C60H67N5O18. The van der Waals surface area contributed by atoms with Gasteiger partial charge < -0.3 is 74.6 Å². The molecule has 0 aromatic heterocycles. The SMILES string of the molecule is CCC1Cc2ccccc2C1(N)C(=O)O.NC(C(=O)O)C1CC(C(=O)O)c2ccccc21.NC(C(=O)O)C1c2ccccc2CC1CC(=O)O.NC1(C(=O)O)CC(CC(=O)O)c2ccccc21.N[C@@]1(C(=O)O)C[C@H](C(=O)O)c2ccccc21. The second-order valence-electron chi connectivity index (χ2n) is 21.3. The molecule has 0 aliphatic heterocycles. The summed E-state index contributed by atoms with van der Waals surface area (Å²) in [4.78, 5) is 99.4. The van der Waals surface area contributed by atoms with E-state index in [9.17, 15) is 53.4 Å². The molecule has 5 aliphatic carbocycles. The van der Waals surface area contributed by atoms with Crippen molar-refractivity contribution in [3.63, 3.8) is 0 Å². The monoisotopic (exact) mass is 1150 g/mol. The van der Waals surface area contributed by atoms with E-state index in [-0.39, 0.29) is 49.9 Å². The maximum absolute atomic E-state index is 11.3. The molecule has 0 spiro atoms. The molecule has 10 rings (SSSR count). The van der Waals surface area contributed by atoms with Gasteiger partial charge in [0.15, 0.2) is 0 Å². The molecule has 23 heteroatoms. The van der Waals surface area contributed by atoms with Crippen LogP contribution in [-0.2, 0) is 72.6 Å². The minimum Gasteiger partial charge on any atom is -0.481 e. The normalized spacial score (nSPS) is 25.9. The fourth-order valence-electron chi connectivity index (χ4n) is 12.3. The highest BCUT2D eigenvalue weighted by Crippen LogP contribution is 2.47. The van der Waals surface area contributed by atoms with Crippen LogP contribution in [-0.4, -0.2) is 112 Å². The summed E-state index contributed by atoms with van der Waals surface area (Å²) in [7, 11) is 0. The van der Waals surface area contributed by atoms with E-state index >= 15 is 0 Å². The van der Waals surface area contributed by atoms with Crippen molar-refractivity contribution in [3.05, 3.63) is 177 Å². The molecule has 23 nitrogen and oxygen atoms in total. The van der Waals surface area contributed by atoms with Crippen molar-refractivity contribution in [2.45, 2.75) is 117 Å². The molecule has 0 amide bonds. The van der Waals surface area contributed by atoms with E-state index in [0.717, 1.165) is 46.2 Å². The highest BCUT2D eigenvalue weighted by molar-refractivity contribution is 5.88. The van der Waals surface area contributed by atoms with Crippen LogP contribution in [0.5, 0.6) is 0 Å². The third kappa shape index (κ3) is 13.1. The highest BCUT2D eigenvalue weighted by Gasteiger charge is 2.51. The third-order valence-corrected chi connectivity index (χ3v) is 16.5. The lowest BCUT2D eigenvalue weighted by molar-refractivity contribution is -0.146. The molecule has 0 radical (unpaired) electrons. The van der Waals surface area contributed by atoms with Crippen LogP contribution in [0.15, 0.2) is 121 Å². The van der Waals surface area contributed by atoms with Crippen molar-refractivity contribution in [1.29, 1.82) is 0 Å². The van der Waals surface area contributed by atoms with Crippen molar-refractivity contribution in [2.75, 3.05) is 0 Å². The Labute approximate surface area is 475 Å². The van der Waals surface area contributed by atoms with Crippen molar-refractivity contribution >= 4 is 53.7 Å². The number of carboxylic acid groups (broad SMARTS) is 9. The van der Waals surface area contributed by atoms with Crippen LogP contribution >= 0.6 is 0 Å². The van der Waals surface area contributed by atoms with Crippen LogP contribution in [0.4, 0.5) is 0 Å². The molecule has 0 saturated carbocycles. The Morgan fingerprint density at radius 1 is 0.482 bits per heavy atom. The minimum atomic E-state index is -1.58. The van der Waals surface area contributed by atoms with Gasteiger partial charge in [-0.05, 0) is 105 Å². The first kappa shape index (κ1) is 63.3. The molecule has 12 atom stereocenters. The van der Waals surface area contributed by atoms with E-state index in [1.54, 1.807) is 72.8 Å². The molecule has 19 N–H and O–H groups in total. The van der Waals surface area contributed by atoms with E-state index < -0.39 is 106 Å². The fourth-order valence-corrected chi connectivity index (χ4v) is 12.3. The summed E-state index contributed by atoms with van der Waals surface area (Å²) >= 11 is 0. The minimum absolute atomic E-state index is 0.00685. The zero-order chi connectivity index (χ0) is 61.5. The summed E-state index contributed by atoms with van der Waals surface area (Å²) in [5, 5.41) is 81.4. The van der Waals surface area contributed by atoms with Gasteiger partial charge in [-0.25, -0.2) is 14.4 Å². The van der Waals surface area contributed by atoms with E-state index in [4.69, 9.17) is 64.4 Å². The molecule has 0 bridgehead atoms. The van der Waals surface area contributed by atoms with Crippen molar-refractivity contribution < 1.29 is 89.1 Å². The number of fused-ring (bicyclic) bond motifs is 5. The largest absolute Gasteiger partial charge is 0.481 e. The molecule has 0 saturated heterocycles. The van der Waals surface area contributed by atoms with Crippen LogP contribution in [0.25, 0.3) is 0 Å². The Kier molecular flexibility index (Phi) is 19.8. The number of hydrogen-bond acceptors (Lipinski definition) is 14. The average molecular weight is 1150 g/mol. The summed E-state index contributed by atoms with van der Waals surface area (Å²) in [6, 6.07) is 33.3. The number of rotatable bonds is 14. The van der Waals surface area contributed by atoms with E-state index in [0.29, 0.717) is 28.7 Å². The molecule has 0 heterocycles. The van der Waals surface area contributed by atoms with Gasteiger partial charge >= 0.3 is 53.7 Å². The van der Waals surface area contributed by atoms with Gasteiger partial charge in [-0.15, -0.1) is 0 Å². The van der Waals surface area contributed by atoms with E-state index in [1.807, 2.05) is 55.5 Å². The molecule has 440 valence electrons. The summed E-state index contributed by atoms with van der Waals surface area (Å²) in [5.41, 5.74) is 32.1. The Hall–Kier alpha value is -8.87. The fraction of sp³-hybridized carbons (Fsp3) is 0.350. The van der Waals surface area contributed by atoms with Crippen molar-refractivity contribution in [2.24, 2.45) is 40.5 Å². The van der Waals surface area contributed by atoms with E-state index in [1.165, 1.54) is 0 Å². The molecule has 5 aromatic rings. The quantitative estimate of drug-likeness (QED) is 0.0729. The predicted octanol–water partition coefficient (Wildman–Crippen LogP) is 4.47. The number of aliphatic carboxylic acids is 9. The number of benzene rings is 5. The van der Waals surface area contributed by atoms with Gasteiger partial charge in [0, 0.05) is 18.3 Å². The summed E-state index contributed by atoms with van der Waals surface area (Å²) in [6.07, 6.45) is 2.28. The summed E-state index contributed by atoms with van der Waals surface area (Å²) in [5.74, 6) is -12.2. The van der Waals surface area contributed by atoms with Crippen LogP contribution < -0.4 is 28.7 Å². The first-order valence-electron chi connectivity index (χ1n) is 26.4. The van der Waals surface area contributed by atoms with Gasteiger partial charge in [0.2, 0.25) is 0 Å². The number of carboxylic acids is 9. The topological polar surface area (TPSA) is 466 Å². The van der Waals surface area contributed by atoms with Crippen molar-refractivity contribution in [1.82, 2.24) is 0 Å². The molecule has 0 fully saturated rings. The lowest BCUT2D eigenvalue weighted by Crippen LogP contribution is -2.48. The van der Waals surface area contributed by atoms with Gasteiger partial charge in [0.25, 0.3) is 0 Å². The lowest BCUT2D eigenvalue weighted by Gasteiger charge is -2.26. The lowest BCUT2D eigenvalue weighted by atomic mass is 9.83. The second-order valence-corrected chi connectivity index (χ2v) is 21.3. The van der Waals surface area contributed by atoms with Gasteiger partial charge in [0.05, 0.1) is 18.3 Å². The smallest absolute Gasteiger partial charge is 0.328 e. The Morgan fingerprint density at radius 3 is 1.42 bits per heavy atom. The summed E-state index contributed by atoms with van der Waals surface area (Å²) < 4.78 is 0.